The first-order chi connectivity index (χ1) is 8.04. The predicted octanol–water partition coefficient (Wildman–Crippen LogP) is 2.63. The van der Waals surface area contributed by atoms with Gasteiger partial charge in [0.1, 0.15) is 5.82 Å². The summed E-state index contributed by atoms with van der Waals surface area (Å²) in [6.07, 6.45) is 0.565. The highest BCUT2D eigenvalue weighted by Crippen LogP contribution is 2.15. The molecule has 0 saturated heterocycles. The number of hydrogen-bond acceptors (Lipinski definition) is 2. The van der Waals surface area contributed by atoms with E-state index in [1.54, 1.807) is 12.1 Å². The van der Waals surface area contributed by atoms with Gasteiger partial charge in [0.05, 0.1) is 6.61 Å². The van der Waals surface area contributed by atoms with Crippen LogP contribution in [0.4, 0.5) is 4.39 Å². The summed E-state index contributed by atoms with van der Waals surface area (Å²) in [5, 5.41) is 12.9. The number of nitrogens with one attached hydrogen (secondary N) is 1. The van der Waals surface area contributed by atoms with Gasteiger partial charge in [0.15, 0.2) is 0 Å². The van der Waals surface area contributed by atoms with E-state index in [4.69, 9.17) is 16.7 Å². The highest BCUT2D eigenvalue weighted by molar-refractivity contribution is 6.30. The van der Waals surface area contributed by atoms with Gasteiger partial charge >= 0.3 is 0 Å². The van der Waals surface area contributed by atoms with Crippen LogP contribution in [-0.4, -0.2) is 24.3 Å². The topological polar surface area (TPSA) is 32.3 Å². The summed E-state index contributed by atoms with van der Waals surface area (Å²) in [6, 6.07) is 4.61. The van der Waals surface area contributed by atoms with Crippen molar-refractivity contribution >= 4 is 11.6 Å². The Kier molecular flexibility index (Phi) is 5.89. The molecule has 96 valence electrons. The van der Waals surface area contributed by atoms with E-state index < -0.39 is 0 Å². The maximum absolute atomic E-state index is 13.4. The van der Waals surface area contributed by atoms with Crippen LogP contribution in [0, 0.1) is 11.7 Å². The summed E-state index contributed by atoms with van der Waals surface area (Å²) in [4.78, 5) is 0. The Balaban J connectivity index is 2.47. The molecule has 1 unspecified atom stereocenters. The molecule has 0 aliphatic rings. The molecule has 0 bridgehead atoms. The van der Waals surface area contributed by atoms with Gasteiger partial charge in [-0.15, -0.1) is 0 Å². The van der Waals surface area contributed by atoms with Gasteiger partial charge in [-0.05, 0) is 42.6 Å². The third-order valence-electron chi connectivity index (χ3n) is 2.81. The first kappa shape index (κ1) is 14.4. The first-order valence-corrected chi connectivity index (χ1v) is 6.20. The molecule has 0 aliphatic carbocycles. The van der Waals surface area contributed by atoms with Gasteiger partial charge in [0.2, 0.25) is 0 Å². The third kappa shape index (κ3) is 4.62. The summed E-state index contributed by atoms with van der Waals surface area (Å²) in [7, 11) is 0. The molecule has 2 N–H and O–H groups in total. The fourth-order valence-corrected chi connectivity index (χ4v) is 1.83. The van der Waals surface area contributed by atoms with E-state index >= 15 is 0 Å². The molecule has 0 amide bonds. The Bertz CT molecular complexity index is 357. The minimum absolute atomic E-state index is 0.0530. The van der Waals surface area contributed by atoms with E-state index in [0.29, 0.717) is 29.5 Å². The standard InChI is InChI=1S/C13H19ClFNO/c1-9(2)13(8-17)16-6-5-10-7-11(14)3-4-12(10)15/h3-4,7,9,13,16-17H,5-6,8H2,1-2H3. The molecule has 0 fully saturated rings. The molecular formula is C13H19ClFNO. The van der Waals surface area contributed by atoms with Crippen LogP contribution in [0.3, 0.4) is 0 Å². The van der Waals surface area contributed by atoms with Gasteiger partial charge in [-0.3, -0.25) is 0 Å². The Morgan fingerprint density at radius 3 is 2.71 bits per heavy atom. The molecule has 4 heteroatoms. The number of aliphatic hydroxyl groups is 1. The maximum atomic E-state index is 13.4. The van der Waals surface area contributed by atoms with E-state index in [1.165, 1.54) is 6.07 Å². The van der Waals surface area contributed by atoms with Crippen molar-refractivity contribution in [2.24, 2.45) is 5.92 Å². The Morgan fingerprint density at radius 2 is 2.12 bits per heavy atom. The van der Waals surface area contributed by atoms with E-state index in [1.807, 2.05) is 13.8 Å². The van der Waals surface area contributed by atoms with Crippen molar-refractivity contribution in [2.75, 3.05) is 13.2 Å². The molecule has 0 aliphatic heterocycles. The average Bonchev–Trinajstić information content (AvgIpc) is 2.28. The number of halogens is 2. The van der Waals surface area contributed by atoms with Crippen molar-refractivity contribution in [2.45, 2.75) is 26.3 Å². The second kappa shape index (κ2) is 6.94. The van der Waals surface area contributed by atoms with E-state index in [2.05, 4.69) is 5.32 Å². The lowest BCUT2D eigenvalue weighted by atomic mass is 10.0. The summed E-state index contributed by atoms with van der Waals surface area (Å²) in [5.41, 5.74) is 0.602. The van der Waals surface area contributed by atoms with Gasteiger partial charge in [-0.2, -0.15) is 0 Å². The number of hydrogen-bond donors (Lipinski definition) is 2. The summed E-state index contributed by atoms with van der Waals surface area (Å²) >= 11 is 5.81. The van der Waals surface area contributed by atoms with Gasteiger partial charge in [0, 0.05) is 11.1 Å². The molecule has 1 rings (SSSR count). The molecule has 1 aromatic carbocycles. The molecule has 0 radical (unpaired) electrons. The van der Waals surface area contributed by atoms with Crippen molar-refractivity contribution in [3.05, 3.63) is 34.6 Å². The monoisotopic (exact) mass is 259 g/mol. The minimum atomic E-state index is -0.235. The number of rotatable bonds is 6. The fourth-order valence-electron chi connectivity index (χ4n) is 1.64. The van der Waals surface area contributed by atoms with Crippen LogP contribution in [0.15, 0.2) is 18.2 Å². The van der Waals surface area contributed by atoms with Crippen molar-refractivity contribution in [1.29, 1.82) is 0 Å². The molecule has 0 spiro atoms. The molecule has 0 saturated carbocycles. The van der Waals surface area contributed by atoms with Crippen molar-refractivity contribution in [3.8, 4) is 0 Å². The minimum Gasteiger partial charge on any atom is -0.395 e. The second-order valence-electron chi connectivity index (χ2n) is 4.47. The van der Waals surface area contributed by atoms with E-state index in [0.717, 1.165) is 0 Å². The normalized spacial score (nSPS) is 13.1. The maximum Gasteiger partial charge on any atom is 0.126 e. The molecule has 1 aromatic rings. The van der Waals surface area contributed by atoms with Crippen LogP contribution in [0.5, 0.6) is 0 Å². The van der Waals surface area contributed by atoms with Gasteiger partial charge in [-0.25, -0.2) is 4.39 Å². The Morgan fingerprint density at radius 1 is 1.41 bits per heavy atom. The van der Waals surface area contributed by atoms with Crippen LogP contribution in [0.2, 0.25) is 5.02 Å². The van der Waals surface area contributed by atoms with Crippen LogP contribution >= 0.6 is 11.6 Å². The van der Waals surface area contributed by atoms with Crippen molar-refractivity contribution in [1.82, 2.24) is 5.32 Å². The second-order valence-corrected chi connectivity index (χ2v) is 4.91. The average molecular weight is 260 g/mol. The van der Waals surface area contributed by atoms with Gasteiger partial charge < -0.3 is 10.4 Å². The van der Waals surface area contributed by atoms with E-state index in [-0.39, 0.29) is 18.5 Å². The molecule has 17 heavy (non-hydrogen) atoms. The van der Waals surface area contributed by atoms with Crippen LogP contribution in [-0.2, 0) is 6.42 Å². The van der Waals surface area contributed by atoms with Crippen molar-refractivity contribution in [3.63, 3.8) is 0 Å². The van der Waals surface area contributed by atoms with Gasteiger partial charge in [0.25, 0.3) is 0 Å². The summed E-state index contributed by atoms with van der Waals surface area (Å²) < 4.78 is 13.4. The largest absolute Gasteiger partial charge is 0.395 e. The lowest BCUT2D eigenvalue weighted by Gasteiger charge is -2.19. The lowest BCUT2D eigenvalue weighted by molar-refractivity contribution is 0.211. The predicted molar refractivity (Wildman–Crippen MR) is 68.8 cm³/mol. The summed E-state index contributed by atoms with van der Waals surface area (Å²) in [5.74, 6) is 0.116. The van der Waals surface area contributed by atoms with Gasteiger partial charge in [-0.1, -0.05) is 25.4 Å². The zero-order valence-corrected chi connectivity index (χ0v) is 11.0. The molecule has 0 heterocycles. The molecular weight excluding hydrogens is 241 g/mol. The number of benzene rings is 1. The highest BCUT2D eigenvalue weighted by atomic mass is 35.5. The Labute approximate surface area is 107 Å². The summed E-state index contributed by atoms with van der Waals surface area (Å²) in [6.45, 7) is 4.79. The zero-order valence-electron chi connectivity index (χ0n) is 10.2. The Hall–Kier alpha value is -0.640. The zero-order chi connectivity index (χ0) is 12.8. The van der Waals surface area contributed by atoms with Crippen LogP contribution in [0.25, 0.3) is 0 Å². The van der Waals surface area contributed by atoms with Crippen LogP contribution in [0.1, 0.15) is 19.4 Å². The SMILES string of the molecule is CC(C)C(CO)NCCc1cc(Cl)ccc1F. The lowest BCUT2D eigenvalue weighted by Crippen LogP contribution is -2.38. The smallest absolute Gasteiger partial charge is 0.126 e. The third-order valence-corrected chi connectivity index (χ3v) is 3.05. The molecule has 2 nitrogen and oxygen atoms in total. The van der Waals surface area contributed by atoms with Crippen molar-refractivity contribution < 1.29 is 9.50 Å². The fraction of sp³-hybridized carbons (Fsp3) is 0.538. The highest BCUT2D eigenvalue weighted by Gasteiger charge is 2.11. The molecule has 0 aromatic heterocycles. The van der Waals surface area contributed by atoms with E-state index in [9.17, 15) is 4.39 Å². The molecule has 1 atom stereocenters. The van der Waals surface area contributed by atoms with Crippen LogP contribution < -0.4 is 5.32 Å². The number of aliphatic hydroxyl groups excluding tert-OH is 1. The first-order valence-electron chi connectivity index (χ1n) is 5.82. The quantitative estimate of drug-likeness (QED) is 0.823.